The molecule has 0 radical (unpaired) electrons. The molecule has 4 aromatic rings. The fraction of sp³-hybridized carbons (Fsp3) is 0.207. The first kappa shape index (κ1) is 21.7. The molecular formula is C29H26N2O3S. The first-order valence-corrected chi connectivity index (χ1v) is 12.8. The van der Waals surface area contributed by atoms with E-state index in [0.29, 0.717) is 19.0 Å². The van der Waals surface area contributed by atoms with Crippen LogP contribution >= 0.6 is 11.3 Å². The molecule has 6 heteroatoms. The average molecular weight is 483 g/mol. The monoisotopic (exact) mass is 482 g/mol. The Morgan fingerprint density at radius 1 is 0.943 bits per heavy atom. The number of ether oxygens (including phenoxy) is 3. The van der Waals surface area contributed by atoms with Crippen LogP contribution in [0.25, 0.3) is 0 Å². The molecule has 176 valence electrons. The minimum Gasteiger partial charge on any atom is -0.490 e. The zero-order valence-electron chi connectivity index (χ0n) is 19.5. The van der Waals surface area contributed by atoms with E-state index in [4.69, 9.17) is 19.3 Å². The molecule has 0 spiro atoms. The highest BCUT2D eigenvalue weighted by Crippen LogP contribution is 2.48. The average Bonchev–Trinajstić information content (AvgIpc) is 3.59. The smallest absolute Gasteiger partial charge is 0.214 e. The summed E-state index contributed by atoms with van der Waals surface area (Å²) in [6.45, 7) is 3.01. The summed E-state index contributed by atoms with van der Waals surface area (Å²) < 4.78 is 18.6. The van der Waals surface area contributed by atoms with Crippen LogP contribution in [0.1, 0.15) is 47.2 Å². The van der Waals surface area contributed by atoms with E-state index < -0.39 is 0 Å². The van der Waals surface area contributed by atoms with Crippen LogP contribution in [-0.2, 0) is 6.61 Å². The van der Waals surface area contributed by atoms with E-state index in [1.54, 1.807) is 11.3 Å². The van der Waals surface area contributed by atoms with E-state index >= 15 is 0 Å². The Balaban J connectivity index is 1.33. The molecule has 2 aliphatic heterocycles. The third-order valence-corrected chi connectivity index (χ3v) is 7.21. The summed E-state index contributed by atoms with van der Waals surface area (Å²) in [6, 6.07) is 28.8. The van der Waals surface area contributed by atoms with Crippen LogP contribution in [0.3, 0.4) is 0 Å². The van der Waals surface area contributed by atoms with Gasteiger partial charge in [0.1, 0.15) is 12.4 Å². The van der Waals surface area contributed by atoms with Crippen molar-refractivity contribution in [1.82, 2.24) is 5.01 Å². The van der Waals surface area contributed by atoms with Crippen molar-refractivity contribution in [2.24, 2.45) is 5.10 Å². The highest BCUT2D eigenvalue weighted by molar-refractivity contribution is 7.12. The van der Waals surface area contributed by atoms with Crippen molar-refractivity contribution in [2.45, 2.75) is 32.2 Å². The van der Waals surface area contributed by atoms with Gasteiger partial charge in [-0.2, -0.15) is 5.10 Å². The maximum atomic E-state index is 6.53. The number of hydrazone groups is 1. The highest BCUT2D eigenvalue weighted by atomic mass is 32.1. The SMILES string of the molecule is CCOc1cc([C@H]2Oc3ccccc3[C@H]3CC(c4cccs4)=NN32)ccc1OCc1ccccc1. The number of thiophene rings is 1. The van der Waals surface area contributed by atoms with Crippen molar-refractivity contribution in [3.63, 3.8) is 0 Å². The van der Waals surface area contributed by atoms with Crippen molar-refractivity contribution >= 4 is 17.0 Å². The van der Waals surface area contributed by atoms with Gasteiger partial charge in [-0.25, -0.2) is 5.01 Å². The summed E-state index contributed by atoms with van der Waals surface area (Å²) in [7, 11) is 0. The fourth-order valence-corrected chi connectivity index (χ4v) is 5.37. The van der Waals surface area contributed by atoms with Gasteiger partial charge in [0.15, 0.2) is 11.5 Å². The van der Waals surface area contributed by atoms with Crippen molar-refractivity contribution in [3.05, 3.63) is 112 Å². The molecule has 0 unspecified atom stereocenters. The standard InChI is InChI=1S/C29H26N2O3S/c1-2-32-27-17-21(14-15-26(27)33-19-20-9-4-3-5-10-20)29-31-24(22-11-6-7-12-25(22)34-29)18-23(30-31)28-13-8-16-35-28/h3-17,24,29H,2,18-19H2,1H3/t24-,29-/m1/s1. The second kappa shape index (κ2) is 9.47. The maximum absolute atomic E-state index is 6.53. The normalized spacial score (nSPS) is 18.3. The van der Waals surface area contributed by atoms with Crippen LogP contribution in [0.5, 0.6) is 17.2 Å². The molecule has 0 N–H and O–H groups in total. The predicted octanol–water partition coefficient (Wildman–Crippen LogP) is 6.97. The van der Waals surface area contributed by atoms with Gasteiger partial charge >= 0.3 is 0 Å². The van der Waals surface area contributed by atoms with Crippen LogP contribution in [0.2, 0.25) is 0 Å². The van der Waals surface area contributed by atoms with Crippen molar-refractivity contribution in [2.75, 3.05) is 6.61 Å². The Kier molecular flexibility index (Phi) is 5.88. The molecule has 6 rings (SSSR count). The Bertz CT molecular complexity index is 1340. The predicted molar refractivity (Wildman–Crippen MR) is 138 cm³/mol. The molecule has 3 aromatic carbocycles. The number of para-hydroxylation sites is 1. The number of rotatable bonds is 7. The Hall–Kier alpha value is -3.77. The van der Waals surface area contributed by atoms with Gasteiger partial charge in [0, 0.05) is 17.5 Å². The number of nitrogens with zero attached hydrogens (tertiary/aromatic N) is 2. The van der Waals surface area contributed by atoms with Crippen molar-refractivity contribution < 1.29 is 14.2 Å². The zero-order chi connectivity index (χ0) is 23.6. The molecule has 0 aliphatic carbocycles. The molecule has 5 nitrogen and oxygen atoms in total. The lowest BCUT2D eigenvalue weighted by atomic mass is 9.97. The van der Waals surface area contributed by atoms with Gasteiger partial charge in [-0.15, -0.1) is 11.3 Å². The summed E-state index contributed by atoms with van der Waals surface area (Å²) in [5, 5.41) is 9.25. The van der Waals surface area contributed by atoms with Crippen LogP contribution in [0.4, 0.5) is 0 Å². The van der Waals surface area contributed by atoms with E-state index in [2.05, 4.69) is 52.9 Å². The Labute approximate surface area is 209 Å². The summed E-state index contributed by atoms with van der Waals surface area (Å²) in [5.74, 6) is 2.33. The molecule has 0 saturated carbocycles. The summed E-state index contributed by atoms with van der Waals surface area (Å²) in [5.41, 5.74) is 4.37. The van der Waals surface area contributed by atoms with E-state index in [0.717, 1.165) is 34.8 Å². The second-order valence-electron chi connectivity index (χ2n) is 8.55. The molecule has 3 heterocycles. The molecule has 35 heavy (non-hydrogen) atoms. The molecule has 0 amide bonds. The van der Waals surface area contributed by atoms with Gasteiger partial charge in [0.25, 0.3) is 0 Å². The summed E-state index contributed by atoms with van der Waals surface area (Å²) >= 11 is 1.72. The largest absolute Gasteiger partial charge is 0.490 e. The van der Waals surface area contributed by atoms with Gasteiger partial charge in [0.05, 0.1) is 23.2 Å². The van der Waals surface area contributed by atoms with Crippen LogP contribution in [0.15, 0.2) is 95.4 Å². The first-order valence-electron chi connectivity index (χ1n) is 11.9. The number of hydrogen-bond acceptors (Lipinski definition) is 6. The van der Waals surface area contributed by atoms with Gasteiger partial charge in [0.2, 0.25) is 6.23 Å². The molecule has 2 aliphatic rings. The van der Waals surface area contributed by atoms with Crippen LogP contribution in [-0.4, -0.2) is 17.3 Å². The third-order valence-electron chi connectivity index (χ3n) is 6.29. The van der Waals surface area contributed by atoms with E-state index in [9.17, 15) is 0 Å². The molecule has 0 fully saturated rings. The lowest BCUT2D eigenvalue weighted by molar-refractivity contribution is -0.0192. The minimum absolute atomic E-state index is 0.131. The molecule has 0 saturated heterocycles. The number of fused-ring (bicyclic) bond motifs is 3. The Morgan fingerprint density at radius 3 is 2.63 bits per heavy atom. The summed E-state index contributed by atoms with van der Waals surface area (Å²) in [4.78, 5) is 1.20. The van der Waals surface area contributed by atoms with Crippen LogP contribution in [0, 0.1) is 0 Å². The minimum atomic E-state index is -0.352. The van der Waals surface area contributed by atoms with E-state index in [-0.39, 0.29) is 12.3 Å². The van der Waals surface area contributed by atoms with E-state index in [1.165, 1.54) is 10.4 Å². The summed E-state index contributed by atoms with van der Waals surface area (Å²) in [6.07, 6.45) is 0.503. The molecule has 0 bridgehead atoms. The van der Waals surface area contributed by atoms with Gasteiger partial charge in [-0.1, -0.05) is 54.6 Å². The lowest BCUT2D eigenvalue weighted by Crippen LogP contribution is -2.33. The topological polar surface area (TPSA) is 43.3 Å². The molecule has 2 atom stereocenters. The fourth-order valence-electron chi connectivity index (χ4n) is 4.65. The van der Waals surface area contributed by atoms with E-state index in [1.807, 2.05) is 49.4 Å². The van der Waals surface area contributed by atoms with Gasteiger partial charge < -0.3 is 14.2 Å². The molecular weight excluding hydrogens is 456 g/mol. The third kappa shape index (κ3) is 4.26. The Morgan fingerprint density at radius 2 is 1.80 bits per heavy atom. The van der Waals surface area contributed by atoms with Crippen molar-refractivity contribution in [3.8, 4) is 17.2 Å². The zero-order valence-corrected chi connectivity index (χ0v) is 20.3. The first-order chi connectivity index (χ1) is 17.3. The van der Waals surface area contributed by atoms with Gasteiger partial charge in [-0.3, -0.25) is 0 Å². The quantitative estimate of drug-likeness (QED) is 0.285. The van der Waals surface area contributed by atoms with Gasteiger partial charge in [-0.05, 0) is 48.2 Å². The number of hydrogen-bond donors (Lipinski definition) is 0. The van der Waals surface area contributed by atoms with Crippen LogP contribution < -0.4 is 14.2 Å². The van der Waals surface area contributed by atoms with Crippen molar-refractivity contribution in [1.29, 1.82) is 0 Å². The molecule has 1 aromatic heterocycles. The second-order valence-corrected chi connectivity index (χ2v) is 9.49. The maximum Gasteiger partial charge on any atom is 0.214 e. The lowest BCUT2D eigenvalue weighted by Gasteiger charge is -2.38. The highest BCUT2D eigenvalue weighted by Gasteiger charge is 2.41. The number of benzene rings is 3.